The van der Waals surface area contributed by atoms with Crippen molar-refractivity contribution in [2.45, 2.75) is 44.7 Å². The summed E-state index contributed by atoms with van der Waals surface area (Å²) in [4.78, 5) is 13.1. The minimum Gasteiger partial charge on any atom is -0.493 e. The van der Waals surface area contributed by atoms with Crippen molar-refractivity contribution < 1.29 is 27.8 Å². The Bertz CT molecular complexity index is 971. The first-order valence-corrected chi connectivity index (χ1v) is 11.1. The van der Waals surface area contributed by atoms with Crippen molar-refractivity contribution in [2.24, 2.45) is 11.8 Å². The van der Waals surface area contributed by atoms with Gasteiger partial charge in [0.25, 0.3) is 0 Å². The summed E-state index contributed by atoms with van der Waals surface area (Å²) in [7, 11) is 0. The first kappa shape index (κ1) is 22.5. The molecule has 2 aliphatic rings. The molecule has 1 N–H and O–H groups in total. The van der Waals surface area contributed by atoms with E-state index in [0.717, 1.165) is 36.5 Å². The van der Waals surface area contributed by atoms with E-state index in [1.54, 1.807) is 17.9 Å². The van der Waals surface area contributed by atoms with Gasteiger partial charge in [-0.05, 0) is 73.4 Å². The van der Waals surface area contributed by atoms with E-state index in [1.165, 1.54) is 6.07 Å². The zero-order chi connectivity index (χ0) is 22.9. The van der Waals surface area contributed by atoms with Crippen LogP contribution < -0.4 is 9.64 Å². The summed E-state index contributed by atoms with van der Waals surface area (Å²) in [5.41, 5.74) is 1.43. The third-order valence-electron chi connectivity index (χ3n) is 6.44. The first-order valence-electron chi connectivity index (χ1n) is 11.1. The molecule has 1 saturated carbocycles. The number of carboxylic acids is 1. The van der Waals surface area contributed by atoms with Crippen molar-refractivity contribution in [2.75, 3.05) is 24.6 Å². The molecule has 2 aromatic rings. The number of carbonyl (C=O) groups is 1. The second-order valence-electron chi connectivity index (χ2n) is 9.04. The summed E-state index contributed by atoms with van der Waals surface area (Å²) < 4.78 is 46.4. The summed E-state index contributed by atoms with van der Waals surface area (Å²) >= 11 is 0. The number of hydrogen-bond acceptors (Lipinski definition) is 3. The molecule has 32 heavy (non-hydrogen) atoms. The third kappa shape index (κ3) is 5.37. The summed E-state index contributed by atoms with van der Waals surface area (Å²) in [5.74, 6) is 0.428. The van der Waals surface area contributed by atoms with Gasteiger partial charge in [-0.15, -0.1) is 0 Å². The van der Waals surface area contributed by atoms with Gasteiger partial charge in [0, 0.05) is 24.7 Å². The van der Waals surface area contributed by atoms with E-state index in [1.807, 2.05) is 24.3 Å². The van der Waals surface area contributed by atoms with Crippen molar-refractivity contribution in [1.82, 2.24) is 0 Å². The maximum absolute atomic E-state index is 13.5. The highest BCUT2D eigenvalue weighted by molar-refractivity contribution is 5.68. The summed E-state index contributed by atoms with van der Waals surface area (Å²) in [5, 5.41) is 9.24. The molecular weight excluding hydrogens is 419 g/mol. The van der Waals surface area contributed by atoms with Crippen LogP contribution in [0.5, 0.6) is 5.75 Å². The zero-order valence-corrected chi connectivity index (χ0v) is 18.1. The number of anilines is 1. The SMILES string of the molecule is Cc1ccc(C(F)(F)F)c(N2CCC(COc3cccc([C@@H](CC(=O)O)C4CC4)c3)C2)c1. The lowest BCUT2D eigenvalue weighted by molar-refractivity contribution is -0.138. The van der Waals surface area contributed by atoms with Gasteiger partial charge in [-0.2, -0.15) is 13.2 Å². The third-order valence-corrected chi connectivity index (χ3v) is 6.44. The van der Waals surface area contributed by atoms with Gasteiger partial charge in [-0.25, -0.2) is 0 Å². The van der Waals surface area contributed by atoms with Crippen LogP contribution in [0.15, 0.2) is 42.5 Å². The van der Waals surface area contributed by atoms with E-state index in [2.05, 4.69) is 0 Å². The maximum atomic E-state index is 13.5. The van der Waals surface area contributed by atoms with Gasteiger partial charge in [-0.1, -0.05) is 18.2 Å². The highest BCUT2D eigenvalue weighted by atomic mass is 19.4. The van der Waals surface area contributed by atoms with Crippen molar-refractivity contribution in [1.29, 1.82) is 0 Å². The molecule has 1 aliphatic carbocycles. The Labute approximate surface area is 186 Å². The molecule has 1 saturated heterocycles. The molecule has 0 aromatic heterocycles. The molecule has 0 spiro atoms. The molecule has 7 heteroatoms. The number of ether oxygens (including phenoxy) is 1. The Balaban J connectivity index is 1.39. The number of halogens is 3. The molecule has 1 unspecified atom stereocenters. The van der Waals surface area contributed by atoms with Crippen LogP contribution in [0.2, 0.25) is 0 Å². The van der Waals surface area contributed by atoms with E-state index in [-0.39, 0.29) is 23.9 Å². The van der Waals surface area contributed by atoms with E-state index in [9.17, 15) is 23.1 Å². The summed E-state index contributed by atoms with van der Waals surface area (Å²) in [6, 6.07) is 11.9. The van der Waals surface area contributed by atoms with Crippen LogP contribution in [0.25, 0.3) is 0 Å². The van der Waals surface area contributed by atoms with Crippen LogP contribution in [-0.2, 0) is 11.0 Å². The van der Waals surface area contributed by atoms with Crippen LogP contribution in [0.1, 0.15) is 48.3 Å². The number of benzene rings is 2. The van der Waals surface area contributed by atoms with Crippen LogP contribution in [0, 0.1) is 18.8 Å². The first-order chi connectivity index (χ1) is 15.2. The molecule has 0 radical (unpaired) electrons. The second kappa shape index (κ2) is 9.04. The molecular formula is C25H28F3NO3. The van der Waals surface area contributed by atoms with Gasteiger partial charge < -0.3 is 14.7 Å². The predicted octanol–water partition coefficient (Wildman–Crippen LogP) is 5.89. The van der Waals surface area contributed by atoms with Crippen molar-refractivity contribution in [3.8, 4) is 5.75 Å². The fourth-order valence-corrected chi connectivity index (χ4v) is 4.62. The molecule has 0 amide bonds. The number of hydrogen-bond donors (Lipinski definition) is 1. The van der Waals surface area contributed by atoms with Crippen LogP contribution in [0.4, 0.5) is 18.9 Å². The Morgan fingerprint density at radius 1 is 1.19 bits per heavy atom. The highest BCUT2D eigenvalue weighted by Gasteiger charge is 2.37. The predicted molar refractivity (Wildman–Crippen MR) is 116 cm³/mol. The molecule has 4 rings (SSSR count). The molecule has 172 valence electrons. The largest absolute Gasteiger partial charge is 0.493 e. The van der Waals surface area contributed by atoms with Crippen LogP contribution in [0.3, 0.4) is 0 Å². The summed E-state index contributed by atoms with van der Waals surface area (Å²) in [6.07, 6.45) is -1.40. The van der Waals surface area contributed by atoms with Crippen LogP contribution in [-0.4, -0.2) is 30.8 Å². The fourth-order valence-electron chi connectivity index (χ4n) is 4.62. The molecule has 4 nitrogen and oxygen atoms in total. The van der Waals surface area contributed by atoms with Gasteiger partial charge >= 0.3 is 12.1 Å². The Kier molecular flexibility index (Phi) is 6.35. The lowest BCUT2D eigenvalue weighted by atomic mass is 9.91. The number of nitrogens with zero attached hydrogens (tertiary/aromatic N) is 1. The molecule has 2 aromatic carbocycles. The Morgan fingerprint density at radius 2 is 1.97 bits per heavy atom. The molecule has 1 aliphatic heterocycles. The monoisotopic (exact) mass is 447 g/mol. The fraction of sp³-hybridized carbons (Fsp3) is 0.480. The topological polar surface area (TPSA) is 49.8 Å². The van der Waals surface area contributed by atoms with Gasteiger partial charge in [0.05, 0.1) is 18.6 Å². The molecule has 2 atom stereocenters. The standard InChI is InChI=1S/C25H28F3NO3/c1-16-5-8-22(25(26,27)28)23(11-16)29-10-9-17(14-29)15-32-20-4-2-3-19(12-20)21(13-24(30)31)18-6-7-18/h2-5,8,11-12,17-18,21H,6-7,9-10,13-15H2,1H3,(H,30,31)/t17?,21-/m0/s1. The Hall–Kier alpha value is -2.70. The van der Waals surface area contributed by atoms with Crippen molar-refractivity contribution >= 4 is 11.7 Å². The van der Waals surface area contributed by atoms with E-state index < -0.39 is 17.7 Å². The number of aryl methyl sites for hydroxylation is 1. The number of rotatable bonds is 8. The van der Waals surface area contributed by atoms with Gasteiger partial charge in [0.2, 0.25) is 0 Å². The van der Waals surface area contributed by atoms with E-state index in [4.69, 9.17) is 4.74 Å². The van der Waals surface area contributed by atoms with E-state index >= 15 is 0 Å². The highest BCUT2D eigenvalue weighted by Crippen LogP contribution is 2.45. The minimum atomic E-state index is -4.38. The molecule has 1 heterocycles. The normalized spacial score (nSPS) is 19.8. The van der Waals surface area contributed by atoms with Crippen molar-refractivity contribution in [3.63, 3.8) is 0 Å². The average molecular weight is 447 g/mol. The second-order valence-corrected chi connectivity index (χ2v) is 9.04. The average Bonchev–Trinajstić information content (AvgIpc) is 3.46. The lowest BCUT2D eigenvalue weighted by Gasteiger charge is -2.24. The number of carboxylic acid groups (broad SMARTS) is 1. The zero-order valence-electron chi connectivity index (χ0n) is 18.1. The maximum Gasteiger partial charge on any atom is 0.418 e. The number of alkyl halides is 3. The van der Waals surface area contributed by atoms with Gasteiger partial charge in [0.15, 0.2) is 0 Å². The molecule has 2 fully saturated rings. The van der Waals surface area contributed by atoms with Crippen molar-refractivity contribution in [3.05, 3.63) is 59.2 Å². The van der Waals surface area contributed by atoms with Gasteiger partial charge in [-0.3, -0.25) is 4.79 Å². The van der Waals surface area contributed by atoms with Crippen LogP contribution >= 0.6 is 0 Å². The quantitative estimate of drug-likeness (QED) is 0.548. The molecule has 0 bridgehead atoms. The Morgan fingerprint density at radius 3 is 2.66 bits per heavy atom. The summed E-state index contributed by atoms with van der Waals surface area (Å²) in [6.45, 7) is 3.28. The number of aliphatic carboxylic acids is 1. The lowest BCUT2D eigenvalue weighted by Crippen LogP contribution is -2.25. The minimum absolute atomic E-state index is 0.000122. The van der Waals surface area contributed by atoms with E-state index in [0.29, 0.717) is 31.4 Å². The van der Waals surface area contributed by atoms with Gasteiger partial charge in [0.1, 0.15) is 5.75 Å². The smallest absolute Gasteiger partial charge is 0.418 e.